The molecular formula is C11H17NO3. The molecule has 0 spiro atoms. The summed E-state index contributed by atoms with van der Waals surface area (Å²) in [6, 6.07) is 5.60. The fourth-order valence-corrected chi connectivity index (χ4v) is 1.21. The second-order valence-corrected chi connectivity index (χ2v) is 3.25. The van der Waals surface area contributed by atoms with Crippen LogP contribution in [0.1, 0.15) is 18.5 Å². The van der Waals surface area contributed by atoms with Gasteiger partial charge in [0.15, 0.2) is 18.3 Å². The van der Waals surface area contributed by atoms with Gasteiger partial charge in [-0.3, -0.25) is 0 Å². The molecule has 0 heterocycles. The summed E-state index contributed by atoms with van der Waals surface area (Å²) >= 11 is 0. The van der Waals surface area contributed by atoms with Crippen molar-refractivity contribution < 1.29 is 14.2 Å². The van der Waals surface area contributed by atoms with Crippen molar-refractivity contribution in [3.63, 3.8) is 0 Å². The minimum Gasteiger partial charge on any atom is -0.493 e. The van der Waals surface area contributed by atoms with Crippen molar-refractivity contribution in [3.8, 4) is 11.5 Å². The zero-order valence-corrected chi connectivity index (χ0v) is 9.32. The molecule has 1 aromatic carbocycles. The van der Waals surface area contributed by atoms with E-state index in [1.165, 1.54) is 0 Å². The molecule has 0 saturated heterocycles. The van der Waals surface area contributed by atoms with Crippen LogP contribution in [0.4, 0.5) is 0 Å². The zero-order chi connectivity index (χ0) is 11.3. The van der Waals surface area contributed by atoms with Crippen LogP contribution in [0, 0.1) is 0 Å². The number of hydrogen-bond donors (Lipinski definition) is 1. The van der Waals surface area contributed by atoms with Gasteiger partial charge < -0.3 is 19.9 Å². The van der Waals surface area contributed by atoms with Crippen LogP contribution < -0.4 is 15.2 Å². The molecule has 0 aliphatic carbocycles. The van der Waals surface area contributed by atoms with Gasteiger partial charge >= 0.3 is 0 Å². The molecular weight excluding hydrogens is 194 g/mol. The van der Waals surface area contributed by atoms with E-state index in [2.05, 4.69) is 0 Å². The number of hydrogen-bond acceptors (Lipinski definition) is 4. The molecule has 0 saturated carbocycles. The minimum absolute atomic E-state index is 0.0182. The summed E-state index contributed by atoms with van der Waals surface area (Å²) in [7, 11) is 3.17. The monoisotopic (exact) mass is 211 g/mol. The Balaban J connectivity index is 2.88. The molecule has 84 valence electrons. The van der Waals surface area contributed by atoms with Gasteiger partial charge in [-0.05, 0) is 24.6 Å². The van der Waals surface area contributed by atoms with E-state index in [-0.39, 0.29) is 12.8 Å². The van der Waals surface area contributed by atoms with Gasteiger partial charge in [0.05, 0.1) is 7.11 Å². The molecule has 0 amide bonds. The number of benzene rings is 1. The molecule has 1 rings (SSSR count). The van der Waals surface area contributed by atoms with Crippen molar-refractivity contribution in [3.05, 3.63) is 23.8 Å². The summed E-state index contributed by atoms with van der Waals surface area (Å²) in [5.41, 5.74) is 6.78. The summed E-state index contributed by atoms with van der Waals surface area (Å²) in [5, 5.41) is 0. The van der Waals surface area contributed by atoms with Crippen LogP contribution >= 0.6 is 0 Å². The van der Waals surface area contributed by atoms with Crippen LogP contribution in [-0.4, -0.2) is 21.0 Å². The molecule has 0 aromatic heterocycles. The predicted molar refractivity (Wildman–Crippen MR) is 58.1 cm³/mol. The molecule has 4 nitrogen and oxygen atoms in total. The molecule has 0 radical (unpaired) electrons. The summed E-state index contributed by atoms with van der Waals surface area (Å²) in [5.74, 6) is 1.32. The van der Waals surface area contributed by atoms with Crippen LogP contribution in [0.3, 0.4) is 0 Å². The average molecular weight is 211 g/mol. The first-order chi connectivity index (χ1) is 7.19. The minimum atomic E-state index is -0.0182. The van der Waals surface area contributed by atoms with E-state index in [0.717, 1.165) is 5.56 Å². The number of ether oxygens (including phenoxy) is 3. The Morgan fingerprint density at radius 1 is 1.27 bits per heavy atom. The predicted octanol–water partition coefficient (Wildman–Crippen LogP) is 1.70. The third kappa shape index (κ3) is 3.11. The van der Waals surface area contributed by atoms with E-state index in [1.54, 1.807) is 14.2 Å². The SMILES string of the molecule is COCOc1ccc([C@H](C)N)cc1OC. The third-order valence-corrected chi connectivity index (χ3v) is 2.05. The van der Waals surface area contributed by atoms with Gasteiger partial charge in [-0.25, -0.2) is 0 Å². The second kappa shape index (κ2) is 5.58. The largest absolute Gasteiger partial charge is 0.493 e. The maximum absolute atomic E-state index is 5.77. The molecule has 1 aromatic rings. The highest BCUT2D eigenvalue weighted by Crippen LogP contribution is 2.29. The molecule has 15 heavy (non-hydrogen) atoms. The van der Waals surface area contributed by atoms with Crippen molar-refractivity contribution in [1.29, 1.82) is 0 Å². The first kappa shape index (κ1) is 11.8. The van der Waals surface area contributed by atoms with E-state index in [1.807, 2.05) is 25.1 Å². The van der Waals surface area contributed by atoms with Gasteiger partial charge in [0.25, 0.3) is 0 Å². The normalized spacial score (nSPS) is 12.3. The van der Waals surface area contributed by atoms with Crippen molar-refractivity contribution in [2.24, 2.45) is 5.73 Å². The molecule has 0 aliphatic heterocycles. The van der Waals surface area contributed by atoms with Gasteiger partial charge in [0, 0.05) is 13.2 Å². The Bertz CT molecular complexity index is 313. The highest BCUT2D eigenvalue weighted by atomic mass is 16.7. The molecule has 2 N–H and O–H groups in total. The Morgan fingerprint density at radius 2 is 2.00 bits per heavy atom. The van der Waals surface area contributed by atoms with E-state index in [4.69, 9.17) is 19.9 Å². The zero-order valence-electron chi connectivity index (χ0n) is 9.32. The molecule has 4 heteroatoms. The van der Waals surface area contributed by atoms with Crippen molar-refractivity contribution >= 4 is 0 Å². The number of nitrogens with two attached hydrogens (primary N) is 1. The van der Waals surface area contributed by atoms with Crippen LogP contribution in [0.25, 0.3) is 0 Å². The van der Waals surface area contributed by atoms with Gasteiger partial charge in [-0.2, -0.15) is 0 Å². The maximum atomic E-state index is 5.77. The molecule has 0 aliphatic rings. The Morgan fingerprint density at radius 3 is 2.53 bits per heavy atom. The quantitative estimate of drug-likeness (QED) is 0.753. The Hall–Kier alpha value is -1.26. The lowest BCUT2D eigenvalue weighted by molar-refractivity contribution is 0.0491. The lowest BCUT2D eigenvalue weighted by Crippen LogP contribution is -2.06. The van der Waals surface area contributed by atoms with E-state index < -0.39 is 0 Å². The Kier molecular flexibility index (Phi) is 4.39. The van der Waals surface area contributed by atoms with Crippen molar-refractivity contribution in [2.75, 3.05) is 21.0 Å². The molecule has 0 fully saturated rings. The Labute approximate surface area is 89.9 Å². The van der Waals surface area contributed by atoms with Gasteiger partial charge in [0.2, 0.25) is 0 Å². The molecule has 1 atom stereocenters. The van der Waals surface area contributed by atoms with Gasteiger partial charge in [0.1, 0.15) is 0 Å². The lowest BCUT2D eigenvalue weighted by atomic mass is 10.1. The van der Waals surface area contributed by atoms with Crippen molar-refractivity contribution in [2.45, 2.75) is 13.0 Å². The summed E-state index contributed by atoms with van der Waals surface area (Å²) < 4.78 is 15.3. The molecule has 0 unspecified atom stereocenters. The smallest absolute Gasteiger partial charge is 0.188 e. The number of rotatable bonds is 5. The summed E-state index contributed by atoms with van der Waals surface area (Å²) in [6.45, 7) is 2.12. The van der Waals surface area contributed by atoms with Crippen LogP contribution in [0.2, 0.25) is 0 Å². The van der Waals surface area contributed by atoms with Gasteiger partial charge in [-0.1, -0.05) is 6.07 Å². The van der Waals surface area contributed by atoms with Gasteiger partial charge in [-0.15, -0.1) is 0 Å². The van der Waals surface area contributed by atoms with Crippen LogP contribution in [0.5, 0.6) is 11.5 Å². The molecule has 0 bridgehead atoms. The second-order valence-electron chi connectivity index (χ2n) is 3.25. The topological polar surface area (TPSA) is 53.7 Å². The van der Waals surface area contributed by atoms with E-state index >= 15 is 0 Å². The third-order valence-electron chi connectivity index (χ3n) is 2.05. The lowest BCUT2D eigenvalue weighted by Gasteiger charge is -2.12. The average Bonchev–Trinajstić information content (AvgIpc) is 2.25. The summed E-state index contributed by atoms with van der Waals surface area (Å²) in [4.78, 5) is 0. The highest BCUT2D eigenvalue weighted by Gasteiger charge is 2.07. The summed E-state index contributed by atoms with van der Waals surface area (Å²) in [6.07, 6.45) is 0. The van der Waals surface area contributed by atoms with Crippen LogP contribution in [-0.2, 0) is 4.74 Å². The highest BCUT2D eigenvalue weighted by molar-refractivity contribution is 5.43. The standard InChI is InChI=1S/C11H17NO3/c1-8(12)9-4-5-10(15-7-13-2)11(6-9)14-3/h4-6,8H,7,12H2,1-3H3/t8-/m0/s1. The fraction of sp³-hybridized carbons (Fsp3) is 0.455. The van der Waals surface area contributed by atoms with E-state index in [9.17, 15) is 0 Å². The fourth-order valence-electron chi connectivity index (χ4n) is 1.21. The first-order valence-corrected chi connectivity index (χ1v) is 4.74. The maximum Gasteiger partial charge on any atom is 0.188 e. The van der Waals surface area contributed by atoms with E-state index in [0.29, 0.717) is 11.5 Å². The first-order valence-electron chi connectivity index (χ1n) is 4.74. The van der Waals surface area contributed by atoms with Crippen molar-refractivity contribution in [1.82, 2.24) is 0 Å². The number of methoxy groups -OCH3 is 2. The van der Waals surface area contributed by atoms with Crippen LogP contribution in [0.15, 0.2) is 18.2 Å².